The Hall–Kier alpha value is -4.91. The Morgan fingerprint density at radius 3 is 2.41 bits per heavy atom. The Labute approximate surface area is 255 Å². The van der Waals surface area contributed by atoms with Gasteiger partial charge in [-0.15, -0.1) is 29.6 Å². The molecule has 0 aliphatic rings. The van der Waals surface area contributed by atoms with Gasteiger partial charge in [0.15, 0.2) is 10.6 Å². The molecule has 2 heterocycles. The van der Waals surface area contributed by atoms with Crippen LogP contribution in [0.5, 0.6) is 11.5 Å². The van der Waals surface area contributed by atoms with Crippen molar-refractivity contribution in [2.24, 2.45) is 4.99 Å². The van der Waals surface area contributed by atoms with E-state index in [9.17, 15) is 18.0 Å². The van der Waals surface area contributed by atoms with Crippen LogP contribution in [0.2, 0.25) is 0 Å². The third-order valence-electron chi connectivity index (χ3n) is 6.66. The van der Waals surface area contributed by atoms with E-state index in [0.717, 1.165) is 33.8 Å². The molecule has 0 spiro atoms. The average Bonchev–Trinajstić information content (AvgIpc) is 3.62. The molecule has 0 aliphatic heterocycles. The number of ether oxygens (including phenoxy) is 2. The molecule has 5 aromatic rings. The van der Waals surface area contributed by atoms with Crippen molar-refractivity contribution in [3.8, 4) is 34.3 Å². The monoisotopic (exact) mass is 622 g/mol. The molecule has 0 aliphatic carbocycles. The number of carbonyl (C=O) groups is 1. The van der Waals surface area contributed by atoms with Gasteiger partial charge in [0, 0.05) is 23.2 Å². The molecule has 228 valence electrons. The Balaban J connectivity index is 1.25. The van der Waals surface area contributed by atoms with Crippen LogP contribution in [0.4, 0.5) is 18.0 Å². The molecule has 1 N–H and O–H groups in total. The predicted octanol–water partition coefficient (Wildman–Crippen LogP) is 6.94. The minimum atomic E-state index is -4.76. The first-order valence-corrected chi connectivity index (χ1v) is 14.4. The van der Waals surface area contributed by atoms with Crippen LogP contribution < -0.4 is 19.6 Å². The van der Waals surface area contributed by atoms with Gasteiger partial charge in [0.25, 0.3) is 0 Å². The number of urea groups is 1. The fourth-order valence-electron chi connectivity index (χ4n) is 4.49. The first-order valence-electron chi connectivity index (χ1n) is 13.6. The molecule has 2 aromatic heterocycles. The van der Waals surface area contributed by atoms with Gasteiger partial charge < -0.3 is 14.8 Å². The summed E-state index contributed by atoms with van der Waals surface area (Å²) in [6.45, 7) is 6.46. The van der Waals surface area contributed by atoms with E-state index in [1.807, 2.05) is 59.3 Å². The number of carbonyl (C=O) groups excluding carboxylic acids is 1. The van der Waals surface area contributed by atoms with Crippen LogP contribution in [-0.4, -0.2) is 38.8 Å². The van der Waals surface area contributed by atoms with Crippen LogP contribution in [0.3, 0.4) is 0 Å². The first kappa shape index (κ1) is 30.5. The van der Waals surface area contributed by atoms with Gasteiger partial charge in [0.1, 0.15) is 17.8 Å². The number of methoxy groups -OCH3 is 1. The average molecular weight is 623 g/mol. The number of amides is 2. The standard InChI is InChI=1S/C31H29F3N6O3S/c1-19(2)26-15-25(42-4)13-14-27(26)40-20(3)17-44-30(40)37-29(41)35-16-21-5-7-22(8-6-21)28-36-18-39(38-28)23-9-11-24(12-10-23)43-31(32,33)34/h5-15,17-19H,16H2,1-4H3,(H,35,41). The van der Waals surface area contributed by atoms with Crippen LogP contribution in [-0.2, 0) is 6.54 Å². The third-order valence-corrected chi connectivity index (χ3v) is 7.60. The topological polar surface area (TPSA) is 95.6 Å². The number of alkyl halides is 3. The highest BCUT2D eigenvalue weighted by Crippen LogP contribution is 2.28. The summed E-state index contributed by atoms with van der Waals surface area (Å²) >= 11 is 1.39. The van der Waals surface area contributed by atoms with Crippen molar-refractivity contribution in [3.05, 3.63) is 100 Å². The molecule has 13 heteroatoms. The number of rotatable bonds is 8. The fraction of sp³-hybridized carbons (Fsp3) is 0.226. The second-order valence-corrected chi connectivity index (χ2v) is 10.9. The molecule has 44 heavy (non-hydrogen) atoms. The second-order valence-electron chi connectivity index (χ2n) is 10.1. The highest BCUT2D eigenvalue weighted by atomic mass is 32.1. The second kappa shape index (κ2) is 12.8. The van der Waals surface area contributed by atoms with Gasteiger partial charge in [-0.3, -0.25) is 4.57 Å². The van der Waals surface area contributed by atoms with Gasteiger partial charge in [-0.25, -0.2) is 14.5 Å². The number of nitrogens with zero attached hydrogens (tertiary/aromatic N) is 5. The van der Waals surface area contributed by atoms with E-state index in [1.54, 1.807) is 7.11 Å². The zero-order chi connectivity index (χ0) is 31.4. The molecule has 0 bridgehead atoms. The smallest absolute Gasteiger partial charge is 0.497 e. The quantitative estimate of drug-likeness (QED) is 0.202. The third kappa shape index (κ3) is 7.17. The molecule has 0 fully saturated rings. The van der Waals surface area contributed by atoms with Crippen LogP contribution >= 0.6 is 11.3 Å². The summed E-state index contributed by atoms with van der Waals surface area (Å²) in [4.78, 5) is 22.0. The van der Waals surface area contributed by atoms with Crippen molar-refractivity contribution < 1.29 is 27.4 Å². The number of hydrogen-bond acceptors (Lipinski definition) is 6. The molecular formula is C31H29F3N6O3S. The number of aromatic nitrogens is 4. The van der Waals surface area contributed by atoms with E-state index in [0.29, 0.717) is 16.3 Å². The summed E-state index contributed by atoms with van der Waals surface area (Å²) in [5.74, 6) is 1.11. The van der Waals surface area contributed by atoms with Gasteiger partial charge in [0.05, 0.1) is 18.5 Å². The largest absolute Gasteiger partial charge is 0.573 e. The molecule has 0 atom stereocenters. The van der Waals surface area contributed by atoms with Crippen molar-refractivity contribution in [1.29, 1.82) is 0 Å². The van der Waals surface area contributed by atoms with Crippen molar-refractivity contribution in [2.45, 2.75) is 39.6 Å². The van der Waals surface area contributed by atoms with Crippen LogP contribution in [0.25, 0.3) is 22.8 Å². The molecule has 0 radical (unpaired) electrons. The van der Waals surface area contributed by atoms with E-state index in [1.165, 1.54) is 46.6 Å². The van der Waals surface area contributed by atoms with Crippen molar-refractivity contribution in [2.75, 3.05) is 7.11 Å². The van der Waals surface area contributed by atoms with Crippen molar-refractivity contribution in [1.82, 2.24) is 24.6 Å². The number of thiazole rings is 1. The molecule has 5 rings (SSSR count). The summed E-state index contributed by atoms with van der Waals surface area (Å²) in [5.41, 5.74) is 5.11. The maximum atomic E-state index is 12.8. The Kier molecular flexibility index (Phi) is 8.86. The summed E-state index contributed by atoms with van der Waals surface area (Å²) < 4.78 is 50.0. The molecule has 9 nitrogen and oxygen atoms in total. The minimum Gasteiger partial charge on any atom is -0.497 e. The number of benzene rings is 3. The van der Waals surface area contributed by atoms with Crippen molar-refractivity contribution >= 4 is 17.4 Å². The van der Waals surface area contributed by atoms with E-state index in [2.05, 4.69) is 39.0 Å². The number of hydrogen-bond donors (Lipinski definition) is 1. The lowest BCUT2D eigenvalue weighted by molar-refractivity contribution is -0.274. The number of aryl methyl sites for hydroxylation is 1. The summed E-state index contributed by atoms with van der Waals surface area (Å²) in [5, 5.41) is 9.23. The summed E-state index contributed by atoms with van der Waals surface area (Å²) in [7, 11) is 1.64. The minimum absolute atomic E-state index is 0.230. The summed E-state index contributed by atoms with van der Waals surface area (Å²) in [6.07, 6.45) is -3.29. The molecule has 0 saturated heterocycles. The molecular weight excluding hydrogens is 593 g/mol. The zero-order valence-corrected chi connectivity index (χ0v) is 25.1. The maximum absolute atomic E-state index is 12.8. The first-order chi connectivity index (χ1) is 21.0. The Morgan fingerprint density at radius 1 is 1.05 bits per heavy atom. The highest BCUT2D eigenvalue weighted by molar-refractivity contribution is 7.07. The number of nitrogens with one attached hydrogen (secondary N) is 1. The fourth-order valence-corrected chi connectivity index (χ4v) is 5.35. The summed E-state index contributed by atoms with van der Waals surface area (Å²) in [6, 6.07) is 18.1. The molecule has 2 amide bonds. The van der Waals surface area contributed by atoms with Gasteiger partial charge in [-0.2, -0.15) is 4.99 Å². The van der Waals surface area contributed by atoms with Gasteiger partial charge >= 0.3 is 12.4 Å². The van der Waals surface area contributed by atoms with Crippen molar-refractivity contribution in [3.63, 3.8) is 0 Å². The highest BCUT2D eigenvalue weighted by Gasteiger charge is 2.31. The van der Waals surface area contributed by atoms with E-state index < -0.39 is 12.4 Å². The zero-order valence-electron chi connectivity index (χ0n) is 24.3. The molecule has 0 unspecified atom stereocenters. The van der Waals surface area contributed by atoms with Crippen LogP contribution in [0, 0.1) is 6.92 Å². The molecule has 3 aromatic carbocycles. The van der Waals surface area contributed by atoms with Gasteiger partial charge in [0.2, 0.25) is 0 Å². The lowest BCUT2D eigenvalue weighted by Gasteiger charge is -2.16. The van der Waals surface area contributed by atoms with Gasteiger partial charge in [-0.1, -0.05) is 38.1 Å². The van der Waals surface area contributed by atoms with E-state index >= 15 is 0 Å². The van der Waals surface area contributed by atoms with Crippen LogP contribution in [0.1, 0.15) is 36.6 Å². The van der Waals surface area contributed by atoms with Gasteiger partial charge in [-0.05, 0) is 66.4 Å². The van der Waals surface area contributed by atoms with E-state index in [-0.39, 0.29) is 18.2 Å². The maximum Gasteiger partial charge on any atom is 0.573 e. The van der Waals surface area contributed by atoms with E-state index in [4.69, 9.17) is 4.74 Å². The Morgan fingerprint density at radius 2 is 1.75 bits per heavy atom. The lowest BCUT2D eigenvalue weighted by Crippen LogP contribution is -2.24. The predicted molar refractivity (Wildman–Crippen MR) is 160 cm³/mol. The normalized spacial score (nSPS) is 12.0. The van der Waals surface area contributed by atoms with Crippen LogP contribution in [0.15, 0.2) is 83.4 Å². The lowest BCUT2D eigenvalue weighted by atomic mass is 10.0. The Bertz CT molecular complexity index is 1820. The number of halogens is 3. The SMILES string of the molecule is COc1ccc(-n2c(C)csc2=NC(=O)NCc2ccc(-c3ncn(-c4ccc(OC(F)(F)F)cc4)n3)cc2)c(C(C)C)c1. The molecule has 0 saturated carbocycles.